The number of aromatic nitrogens is 1. The molecule has 110 valence electrons. The van der Waals surface area contributed by atoms with Gasteiger partial charge in [0.25, 0.3) is 0 Å². The molecule has 0 saturated carbocycles. The van der Waals surface area contributed by atoms with E-state index in [9.17, 15) is 12.8 Å². The Hall–Kier alpha value is -2.21. The number of aliphatic hydroxyl groups is 1. The van der Waals surface area contributed by atoms with Gasteiger partial charge in [-0.2, -0.15) is 0 Å². The summed E-state index contributed by atoms with van der Waals surface area (Å²) in [5.74, 6) is 3.92. The highest BCUT2D eigenvalue weighted by atomic mass is 32.2. The zero-order valence-electron chi connectivity index (χ0n) is 10.7. The van der Waals surface area contributed by atoms with Gasteiger partial charge in [-0.15, -0.1) is 0 Å². The van der Waals surface area contributed by atoms with Crippen LogP contribution in [-0.4, -0.2) is 25.3 Å². The molecular formula is C13H11FN2O4S. The van der Waals surface area contributed by atoms with Gasteiger partial charge in [0.1, 0.15) is 23.6 Å². The molecule has 0 bridgehead atoms. The van der Waals surface area contributed by atoms with Gasteiger partial charge >= 0.3 is 0 Å². The molecule has 21 heavy (non-hydrogen) atoms. The van der Waals surface area contributed by atoms with E-state index in [4.69, 9.17) is 5.11 Å². The average Bonchev–Trinajstić information content (AvgIpc) is 2.96. The van der Waals surface area contributed by atoms with Crippen LogP contribution < -0.4 is 4.72 Å². The number of hydrogen-bond donors (Lipinski definition) is 2. The van der Waals surface area contributed by atoms with Crippen LogP contribution in [0.3, 0.4) is 0 Å². The maximum atomic E-state index is 13.9. The van der Waals surface area contributed by atoms with Crippen molar-refractivity contribution in [2.75, 3.05) is 6.61 Å². The molecule has 0 radical (unpaired) electrons. The molecule has 8 heteroatoms. The minimum Gasteiger partial charge on any atom is -0.384 e. The van der Waals surface area contributed by atoms with Crippen LogP contribution in [-0.2, 0) is 16.6 Å². The molecule has 0 aliphatic heterocycles. The first-order valence-electron chi connectivity index (χ1n) is 5.81. The van der Waals surface area contributed by atoms with Crippen LogP contribution in [0.5, 0.6) is 0 Å². The minimum atomic E-state index is -4.01. The summed E-state index contributed by atoms with van der Waals surface area (Å²) in [5.41, 5.74) is 0.654. The van der Waals surface area contributed by atoms with E-state index in [-0.39, 0.29) is 18.7 Å². The monoisotopic (exact) mass is 310 g/mol. The molecule has 0 aliphatic rings. The maximum absolute atomic E-state index is 13.9. The zero-order chi connectivity index (χ0) is 15.3. The first-order chi connectivity index (χ1) is 10.0. The summed E-state index contributed by atoms with van der Waals surface area (Å²) in [6, 6.07) is 4.96. The topological polar surface area (TPSA) is 92.4 Å². The number of hydrogen-bond acceptors (Lipinski definition) is 5. The number of nitrogens with zero attached hydrogens (tertiary/aromatic N) is 1. The molecule has 2 N–H and O–H groups in total. The van der Waals surface area contributed by atoms with Gasteiger partial charge in [0.2, 0.25) is 10.0 Å². The van der Waals surface area contributed by atoms with E-state index in [2.05, 4.69) is 26.2 Å². The highest BCUT2D eigenvalue weighted by Crippen LogP contribution is 2.16. The van der Waals surface area contributed by atoms with Gasteiger partial charge in [0.05, 0.1) is 12.2 Å². The van der Waals surface area contributed by atoms with Crippen molar-refractivity contribution in [3.63, 3.8) is 0 Å². The van der Waals surface area contributed by atoms with Crippen LogP contribution in [0.2, 0.25) is 0 Å². The second-order valence-corrected chi connectivity index (χ2v) is 5.66. The Morgan fingerprint density at radius 2 is 2.19 bits per heavy atom. The fourth-order valence-electron chi connectivity index (χ4n) is 1.51. The third kappa shape index (κ3) is 3.88. The Labute approximate surface area is 120 Å². The summed E-state index contributed by atoms with van der Waals surface area (Å²) in [4.78, 5) is -0.486. The van der Waals surface area contributed by atoms with E-state index in [1.807, 2.05) is 0 Å². The summed E-state index contributed by atoms with van der Waals surface area (Å²) in [5, 5.41) is 12.1. The van der Waals surface area contributed by atoms with Gasteiger partial charge in [-0.05, 0) is 18.2 Å². The molecule has 1 heterocycles. The first-order valence-corrected chi connectivity index (χ1v) is 7.29. The number of rotatable bonds is 4. The molecule has 0 amide bonds. The van der Waals surface area contributed by atoms with E-state index in [1.165, 1.54) is 18.4 Å². The van der Waals surface area contributed by atoms with Gasteiger partial charge < -0.3 is 9.63 Å². The van der Waals surface area contributed by atoms with Gasteiger partial charge in [0, 0.05) is 11.6 Å². The van der Waals surface area contributed by atoms with Crippen molar-refractivity contribution in [3.05, 3.63) is 47.6 Å². The van der Waals surface area contributed by atoms with Crippen molar-refractivity contribution in [1.82, 2.24) is 9.88 Å². The summed E-state index contributed by atoms with van der Waals surface area (Å²) >= 11 is 0. The normalized spacial score (nSPS) is 11.0. The number of nitrogens with one attached hydrogen (secondary N) is 1. The number of benzene rings is 1. The second kappa shape index (κ2) is 6.49. The smallest absolute Gasteiger partial charge is 0.243 e. The average molecular weight is 310 g/mol. The van der Waals surface area contributed by atoms with Crippen LogP contribution in [0, 0.1) is 17.7 Å². The van der Waals surface area contributed by atoms with Crippen LogP contribution in [0.4, 0.5) is 4.39 Å². The Kier molecular flexibility index (Phi) is 4.70. The number of sulfonamides is 1. The minimum absolute atomic E-state index is 0.107. The lowest BCUT2D eigenvalue weighted by atomic mass is 10.2. The molecule has 6 nitrogen and oxygen atoms in total. The van der Waals surface area contributed by atoms with E-state index in [0.29, 0.717) is 5.69 Å². The first kappa shape index (κ1) is 15.2. The predicted octanol–water partition coefficient (Wildman–Crippen LogP) is 0.636. The van der Waals surface area contributed by atoms with Crippen LogP contribution in [0.1, 0.15) is 11.3 Å². The maximum Gasteiger partial charge on any atom is 0.243 e. The second-order valence-electron chi connectivity index (χ2n) is 3.92. The lowest BCUT2D eigenvalue weighted by Gasteiger charge is -2.06. The standard InChI is InChI=1S/C13H11FN2O4S/c14-12-8-10(2-1-6-17)3-4-13(12)21(18,19)15-9-11-5-7-20-16-11/h3-5,7-8,15,17H,6,9H2. The number of halogens is 1. The van der Waals surface area contributed by atoms with Gasteiger partial charge in [-0.3, -0.25) is 0 Å². The van der Waals surface area contributed by atoms with Crippen molar-refractivity contribution < 1.29 is 22.4 Å². The largest absolute Gasteiger partial charge is 0.384 e. The Morgan fingerprint density at radius 3 is 2.81 bits per heavy atom. The van der Waals surface area contributed by atoms with Crippen molar-refractivity contribution in [1.29, 1.82) is 0 Å². The van der Waals surface area contributed by atoms with E-state index in [0.717, 1.165) is 12.1 Å². The molecule has 0 aliphatic carbocycles. The molecule has 2 rings (SSSR count). The highest BCUT2D eigenvalue weighted by molar-refractivity contribution is 7.89. The van der Waals surface area contributed by atoms with Crippen molar-refractivity contribution in [3.8, 4) is 11.8 Å². The van der Waals surface area contributed by atoms with Crippen LogP contribution in [0.15, 0.2) is 39.9 Å². The molecule has 0 atom stereocenters. The SMILES string of the molecule is O=S(=O)(NCc1ccon1)c1ccc(C#CCO)cc1F. The van der Waals surface area contributed by atoms with Crippen LogP contribution >= 0.6 is 0 Å². The van der Waals surface area contributed by atoms with Crippen molar-refractivity contribution in [2.24, 2.45) is 0 Å². The third-order valence-corrected chi connectivity index (χ3v) is 3.90. The lowest BCUT2D eigenvalue weighted by molar-refractivity contribution is 0.350. The van der Waals surface area contributed by atoms with E-state index >= 15 is 0 Å². The summed E-state index contributed by atoms with van der Waals surface area (Å²) in [6.45, 7) is -0.467. The number of aliphatic hydroxyl groups excluding tert-OH is 1. The Bertz CT molecular complexity index is 776. The molecule has 1 aromatic carbocycles. The molecule has 0 unspecified atom stereocenters. The Balaban J connectivity index is 2.19. The van der Waals surface area contributed by atoms with Crippen molar-refractivity contribution >= 4 is 10.0 Å². The van der Waals surface area contributed by atoms with Crippen LogP contribution in [0.25, 0.3) is 0 Å². The predicted molar refractivity (Wildman–Crippen MR) is 70.9 cm³/mol. The fourth-order valence-corrected chi connectivity index (χ4v) is 2.57. The highest BCUT2D eigenvalue weighted by Gasteiger charge is 2.19. The van der Waals surface area contributed by atoms with Gasteiger partial charge in [0.15, 0.2) is 0 Å². The van der Waals surface area contributed by atoms with E-state index in [1.54, 1.807) is 0 Å². The van der Waals surface area contributed by atoms with Gasteiger partial charge in [-0.1, -0.05) is 17.0 Å². The fraction of sp³-hybridized carbons (Fsp3) is 0.154. The Morgan fingerprint density at radius 1 is 1.38 bits per heavy atom. The molecule has 0 spiro atoms. The molecule has 0 saturated heterocycles. The van der Waals surface area contributed by atoms with E-state index < -0.39 is 20.7 Å². The summed E-state index contributed by atoms with van der Waals surface area (Å²) < 4.78 is 44.6. The summed E-state index contributed by atoms with van der Waals surface area (Å²) in [6.07, 6.45) is 1.30. The lowest BCUT2D eigenvalue weighted by Crippen LogP contribution is -2.24. The molecule has 0 fully saturated rings. The third-order valence-electron chi connectivity index (χ3n) is 2.47. The molecule has 2 aromatic rings. The summed E-state index contributed by atoms with van der Waals surface area (Å²) in [7, 11) is -4.01. The van der Waals surface area contributed by atoms with Crippen molar-refractivity contribution in [2.45, 2.75) is 11.4 Å². The van der Waals surface area contributed by atoms with Gasteiger partial charge in [-0.25, -0.2) is 17.5 Å². The quantitative estimate of drug-likeness (QED) is 0.808. The molecule has 1 aromatic heterocycles. The molecular weight excluding hydrogens is 299 g/mol. The zero-order valence-corrected chi connectivity index (χ0v) is 11.5.